The van der Waals surface area contributed by atoms with Gasteiger partial charge < -0.3 is 15.8 Å². The van der Waals surface area contributed by atoms with Crippen molar-refractivity contribution in [3.63, 3.8) is 0 Å². The number of aryl methyl sites for hydroxylation is 1. The molecule has 5 nitrogen and oxygen atoms in total. The number of hydrogen-bond donors (Lipinski definition) is 2. The number of carbonyl (C=O) groups excluding carboxylic acids is 2. The van der Waals surface area contributed by atoms with E-state index in [2.05, 4.69) is 19.2 Å². The summed E-state index contributed by atoms with van der Waals surface area (Å²) in [4.78, 5) is 22.2. The number of primary amides is 1. The molecule has 0 aliphatic heterocycles. The Bertz CT molecular complexity index is 524. The van der Waals surface area contributed by atoms with Gasteiger partial charge in [-0.3, -0.25) is 9.59 Å². The van der Waals surface area contributed by atoms with Gasteiger partial charge in [0, 0.05) is 17.7 Å². The first-order chi connectivity index (χ1) is 9.81. The van der Waals surface area contributed by atoms with Gasteiger partial charge in [0.1, 0.15) is 0 Å². The summed E-state index contributed by atoms with van der Waals surface area (Å²) in [6, 6.07) is 5.78. The van der Waals surface area contributed by atoms with Crippen molar-refractivity contribution < 1.29 is 14.3 Å². The summed E-state index contributed by atoms with van der Waals surface area (Å²) < 4.78 is 5.52. The summed E-state index contributed by atoms with van der Waals surface area (Å²) in [6.07, 6.45) is 0.743. The standard InChI is InChI=1S/C16H24N2O3/c1-5-11-9-12(16(3,4)10-21-6-2)7-8-13(11)18-15(20)14(17)19/h7-9H,5-6,10H2,1-4H3,(H2,17,19)(H,18,20). The Balaban J connectivity index is 3.03. The highest BCUT2D eigenvalue weighted by atomic mass is 16.5. The molecule has 2 amide bonds. The molecule has 0 aliphatic carbocycles. The van der Waals surface area contributed by atoms with Crippen LogP contribution in [-0.2, 0) is 26.2 Å². The van der Waals surface area contributed by atoms with Crippen molar-refractivity contribution in [1.29, 1.82) is 0 Å². The van der Waals surface area contributed by atoms with Crippen molar-refractivity contribution >= 4 is 17.5 Å². The summed E-state index contributed by atoms with van der Waals surface area (Å²) in [6.45, 7) is 9.49. The number of benzene rings is 1. The maximum absolute atomic E-state index is 11.4. The summed E-state index contributed by atoms with van der Waals surface area (Å²) in [5, 5.41) is 2.54. The van der Waals surface area contributed by atoms with E-state index in [-0.39, 0.29) is 5.41 Å². The van der Waals surface area contributed by atoms with Crippen molar-refractivity contribution in [3.8, 4) is 0 Å². The Kier molecular flexibility index (Phi) is 5.90. The maximum Gasteiger partial charge on any atom is 0.313 e. The van der Waals surface area contributed by atoms with E-state index in [1.54, 1.807) is 0 Å². The van der Waals surface area contributed by atoms with Gasteiger partial charge in [0.15, 0.2) is 0 Å². The molecule has 0 unspecified atom stereocenters. The van der Waals surface area contributed by atoms with Crippen LogP contribution in [0.5, 0.6) is 0 Å². The predicted octanol–water partition coefficient (Wildman–Crippen LogP) is 1.99. The van der Waals surface area contributed by atoms with Crippen molar-refractivity contribution in [2.75, 3.05) is 18.5 Å². The van der Waals surface area contributed by atoms with Crippen LogP contribution in [0.1, 0.15) is 38.8 Å². The molecule has 0 heterocycles. The van der Waals surface area contributed by atoms with Gasteiger partial charge in [0.25, 0.3) is 0 Å². The second kappa shape index (κ2) is 7.22. The van der Waals surface area contributed by atoms with Crippen molar-refractivity contribution in [1.82, 2.24) is 0 Å². The summed E-state index contributed by atoms with van der Waals surface area (Å²) in [7, 11) is 0. The first-order valence-electron chi connectivity index (χ1n) is 7.13. The molecule has 1 aromatic carbocycles. The molecule has 0 aromatic heterocycles. The van der Waals surface area contributed by atoms with Crippen LogP contribution >= 0.6 is 0 Å². The SMILES string of the molecule is CCOCC(C)(C)c1ccc(NC(=O)C(N)=O)c(CC)c1. The molecule has 0 spiro atoms. The van der Waals surface area contributed by atoms with E-state index in [0.717, 1.165) is 17.5 Å². The Morgan fingerprint density at radius 2 is 1.95 bits per heavy atom. The first kappa shape index (κ1) is 17.2. The van der Waals surface area contributed by atoms with Crippen LogP contribution in [0.2, 0.25) is 0 Å². The lowest BCUT2D eigenvalue weighted by Crippen LogP contribution is -2.30. The number of nitrogens with two attached hydrogens (primary N) is 1. The fourth-order valence-electron chi connectivity index (χ4n) is 2.05. The van der Waals surface area contributed by atoms with Crippen molar-refractivity contribution in [2.45, 2.75) is 39.5 Å². The molecule has 0 fully saturated rings. The first-order valence-corrected chi connectivity index (χ1v) is 7.13. The quantitative estimate of drug-likeness (QED) is 0.787. The molecule has 0 atom stereocenters. The van der Waals surface area contributed by atoms with Gasteiger partial charge in [-0.15, -0.1) is 0 Å². The highest BCUT2D eigenvalue weighted by Gasteiger charge is 2.22. The topological polar surface area (TPSA) is 81.4 Å². The Labute approximate surface area is 125 Å². The number of carbonyl (C=O) groups is 2. The number of ether oxygens (including phenoxy) is 1. The molecule has 0 saturated carbocycles. The second-order valence-corrected chi connectivity index (χ2v) is 5.56. The summed E-state index contributed by atoms with van der Waals surface area (Å²) in [5.41, 5.74) is 7.56. The second-order valence-electron chi connectivity index (χ2n) is 5.56. The molecular formula is C16H24N2O3. The van der Waals surface area contributed by atoms with Gasteiger partial charge in [0.2, 0.25) is 0 Å². The van der Waals surface area contributed by atoms with Gasteiger partial charge in [-0.1, -0.05) is 32.9 Å². The van der Waals surface area contributed by atoms with Gasteiger partial charge in [-0.2, -0.15) is 0 Å². The van der Waals surface area contributed by atoms with Crippen LogP contribution in [0.3, 0.4) is 0 Å². The van der Waals surface area contributed by atoms with Crippen LogP contribution in [0.4, 0.5) is 5.69 Å². The molecule has 1 rings (SSSR count). The minimum absolute atomic E-state index is 0.119. The van der Waals surface area contributed by atoms with Crippen LogP contribution in [-0.4, -0.2) is 25.0 Å². The zero-order chi connectivity index (χ0) is 16.0. The predicted molar refractivity (Wildman–Crippen MR) is 83.2 cm³/mol. The number of anilines is 1. The van der Waals surface area contributed by atoms with Gasteiger partial charge in [-0.05, 0) is 30.5 Å². The van der Waals surface area contributed by atoms with Gasteiger partial charge >= 0.3 is 11.8 Å². The summed E-state index contributed by atoms with van der Waals surface area (Å²) >= 11 is 0. The normalized spacial score (nSPS) is 11.2. The van der Waals surface area contributed by atoms with Gasteiger partial charge in [-0.25, -0.2) is 0 Å². The monoisotopic (exact) mass is 292 g/mol. The minimum atomic E-state index is -0.988. The average molecular weight is 292 g/mol. The smallest absolute Gasteiger partial charge is 0.313 e. The third-order valence-corrected chi connectivity index (χ3v) is 3.41. The zero-order valence-electron chi connectivity index (χ0n) is 13.2. The summed E-state index contributed by atoms with van der Waals surface area (Å²) in [5.74, 6) is -1.79. The Hall–Kier alpha value is -1.88. The van der Waals surface area contributed by atoms with Crippen LogP contribution in [0.25, 0.3) is 0 Å². The third kappa shape index (κ3) is 4.56. The average Bonchev–Trinajstić information content (AvgIpc) is 2.45. The molecule has 3 N–H and O–H groups in total. The molecule has 0 radical (unpaired) electrons. The lowest BCUT2D eigenvalue weighted by Gasteiger charge is -2.26. The van der Waals surface area contributed by atoms with E-state index in [0.29, 0.717) is 18.9 Å². The van der Waals surface area contributed by atoms with E-state index < -0.39 is 11.8 Å². The van der Waals surface area contributed by atoms with Crippen LogP contribution in [0.15, 0.2) is 18.2 Å². The fraction of sp³-hybridized carbons (Fsp3) is 0.500. The molecule has 0 bridgehead atoms. The molecule has 0 saturated heterocycles. The van der Waals surface area contributed by atoms with E-state index >= 15 is 0 Å². The minimum Gasteiger partial charge on any atom is -0.381 e. The molecule has 21 heavy (non-hydrogen) atoms. The number of amides is 2. The largest absolute Gasteiger partial charge is 0.381 e. The van der Waals surface area contributed by atoms with Crippen molar-refractivity contribution in [2.24, 2.45) is 5.73 Å². The maximum atomic E-state index is 11.4. The highest BCUT2D eigenvalue weighted by Crippen LogP contribution is 2.28. The number of hydrogen-bond acceptors (Lipinski definition) is 3. The molecule has 0 aliphatic rings. The number of nitrogens with one attached hydrogen (secondary N) is 1. The van der Waals surface area contributed by atoms with E-state index in [4.69, 9.17) is 10.5 Å². The third-order valence-electron chi connectivity index (χ3n) is 3.41. The molecular weight excluding hydrogens is 268 g/mol. The Morgan fingerprint density at radius 1 is 1.29 bits per heavy atom. The van der Waals surface area contributed by atoms with E-state index in [1.807, 2.05) is 32.0 Å². The lowest BCUT2D eigenvalue weighted by atomic mass is 9.84. The number of rotatable bonds is 6. The molecule has 1 aromatic rings. The van der Waals surface area contributed by atoms with Crippen LogP contribution in [0, 0.1) is 0 Å². The zero-order valence-corrected chi connectivity index (χ0v) is 13.2. The van der Waals surface area contributed by atoms with E-state index in [1.165, 1.54) is 0 Å². The van der Waals surface area contributed by atoms with Crippen molar-refractivity contribution in [3.05, 3.63) is 29.3 Å². The van der Waals surface area contributed by atoms with E-state index in [9.17, 15) is 9.59 Å². The fourth-order valence-corrected chi connectivity index (χ4v) is 2.05. The van der Waals surface area contributed by atoms with Crippen LogP contribution < -0.4 is 11.1 Å². The molecule has 5 heteroatoms. The lowest BCUT2D eigenvalue weighted by molar-refractivity contribution is -0.134. The highest BCUT2D eigenvalue weighted by molar-refractivity contribution is 6.39. The van der Waals surface area contributed by atoms with Gasteiger partial charge in [0.05, 0.1) is 6.61 Å². The Morgan fingerprint density at radius 3 is 2.48 bits per heavy atom. The molecule has 116 valence electrons.